The number of carbonyl (C=O) groups excluding carboxylic acids is 1. The minimum Gasteiger partial charge on any atom is -0.493 e. The Bertz CT molecular complexity index is 816. The summed E-state index contributed by atoms with van der Waals surface area (Å²) in [5.41, 5.74) is 1.53. The molecule has 0 aliphatic rings. The lowest BCUT2D eigenvalue weighted by Crippen LogP contribution is -1.93. The molecule has 0 atom stereocenters. The van der Waals surface area contributed by atoms with Gasteiger partial charge >= 0.3 is 5.91 Å². The van der Waals surface area contributed by atoms with E-state index in [0.717, 1.165) is 10.9 Å². The highest BCUT2D eigenvalue weighted by molar-refractivity contribution is 5.96. The summed E-state index contributed by atoms with van der Waals surface area (Å²) in [4.78, 5) is 14.6. The zero-order valence-electron chi connectivity index (χ0n) is 11.4. The van der Waals surface area contributed by atoms with Crippen molar-refractivity contribution in [1.82, 2.24) is 9.55 Å². The van der Waals surface area contributed by atoms with E-state index < -0.39 is 5.91 Å². The molecule has 0 saturated carbocycles. The Kier molecular flexibility index (Phi) is 3.27. The molecular weight excluding hydrogens is 268 g/mol. The van der Waals surface area contributed by atoms with Crippen LogP contribution < -0.4 is 0 Å². The number of hydrogen-bond acceptors (Lipinski definition) is 3. The third kappa shape index (κ3) is 2.20. The van der Waals surface area contributed by atoms with Crippen LogP contribution in [0.3, 0.4) is 0 Å². The van der Waals surface area contributed by atoms with Crippen molar-refractivity contribution in [3.05, 3.63) is 48.3 Å². The number of rotatable bonds is 3. The number of para-hydroxylation sites is 1. The third-order valence-corrected chi connectivity index (χ3v) is 3.30. The average molecular weight is 282 g/mol. The predicted octanol–water partition coefficient (Wildman–Crippen LogP) is 3.62. The summed E-state index contributed by atoms with van der Waals surface area (Å²) in [5.74, 6) is -0.463. The molecule has 0 aliphatic carbocycles. The molecule has 6 heteroatoms. The summed E-state index contributed by atoms with van der Waals surface area (Å²) in [6, 6.07) is 10.8. The SMILES string of the molecule is CCn1c(O)c(N=NC(=O)c2ccc[nH]2)c2ccccc21. The van der Waals surface area contributed by atoms with Crippen LogP contribution >= 0.6 is 0 Å². The number of aryl methyl sites for hydroxylation is 1. The summed E-state index contributed by atoms with van der Waals surface area (Å²) in [7, 11) is 0. The summed E-state index contributed by atoms with van der Waals surface area (Å²) < 4.78 is 1.73. The average Bonchev–Trinajstić information content (AvgIpc) is 3.11. The number of benzene rings is 1. The number of carbonyl (C=O) groups is 1. The molecule has 106 valence electrons. The Morgan fingerprint density at radius 3 is 2.81 bits per heavy atom. The van der Waals surface area contributed by atoms with Gasteiger partial charge in [-0.1, -0.05) is 18.2 Å². The van der Waals surface area contributed by atoms with Crippen LogP contribution in [0.5, 0.6) is 5.88 Å². The standard InChI is InChI=1S/C15H14N4O2/c1-2-19-12-8-4-3-6-10(12)13(15(19)21)17-18-14(20)11-7-5-9-16-11/h3-9,16,21H,2H2,1H3. The van der Waals surface area contributed by atoms with Gasteiger partial charge in [0.05, 0.1) is 5.52 Å². The van der Waals surface area contributed by atoms with Crippen LogP contribution in [0.1, 0.15) is 17.4 Å². The van der Waals surface area contributed by atoms with Gasteiger partial charge in [0.25, 0.3) is 0 Å². The first-order chi connectivity index (χ1) is 10.2. The van der Waals surface area contributed by atoms with Crippen molar-refractivity contribution in [2.45, 2.75) is 13.5 Å². The Labute approximate surface area is 120 Å². The molecule has 0 radical (unpaired) electrons. The molecule has 3 rings (SSSR count). The Morgan fingerprint density at radius 1 is 1.29 bits per heavy atom. The van der Waals surface area contributed by atoms with E-state index in [1.54, 1.807) is 22.9 Å². The first kappa shape index (κ1) is 13.1. The van der Waals surface area contributed by atoms with Gasteiger partial charge < -0.3 is 14.7 Å². The van der Waals surface area contributed by atoms with E-state index in [-0.39, 0.29) is 5.88 Å². The molecule has 0 saturated heterocycles. The van der Waals surface area contributed by atoms with E-state index in [1.807, 2.05) is 31.2 Å². The molecule has 3 aromatic rings. The Hall–Kier alpha value is -2.89. The maximum Gasteiger partial charge on any atom is 0.311 e. The molecular formula is C15H14N4O2. The summed E-state index contributed by atoms with van der Waals surface area (Å²) >= 11 is 0. The van der Waals surface area contributed by atoms with E-state index in [9.17, 15) is 9.90 Å². The van der Waals surface area contributed by atoms with E-state index >= 15 is 0 Å². The highest BCUT2D eigenvalue weighted by Crippen LogP contribution is 2.38. The molecule has 1 aromatic carbocycles. The second kappa shape index (κ2) is 5.24. The van der Waals surface area contributed by atoms with Crippen LogP contribution in [0.4, 0.5) is 5.69 Å². The lowest BCUT2D eigenvalue weighted by atomic mass is 10.2. The maximum absolute atomic E-state index is 11.8. The van der Waals surface area contributed by atoms with Gasteiger partial charge in [-0.05, 0) is 25.1 Å². The molecule has 0 aliphatic heterocycles. The quantitative estimate of drug-likeness (QED) is 0.719. The lowest BCUT2D eigenvalue weighted by molar-refractivity contribution is 0.0991. The van der Waals surface area contributed by atoms with Crippen LogP contribution in [-0.2, 0) is 6.54 Å². The van der Waals surface area contributed by atoms with Crippen molar-refractivity contribution in [3.63, 3.8) is 0 Å². The monoisotopic (exact) mass is 282 g/mol. The van der Waals surface area contributed by atoms with E-state index in [1.165, 1.54) is 0 Å². The van der Waals surface area contributed by atoms with Crippen molar-refractivity contribution in [1.29, 1.82) is 0 Å². The molecule has 1 amide bonds. The molecule has 0 fully saturated rings. The number of hydrogen-bond donors (Lipinski definition) is 2. The number of azo groups is 1. The van der Waals surface area contributed by atoms with Crippen molar-refractivity contribution >= 4 is 22.5 Å². The van der Waals surface area contributed by atoms with Crippen molar-refractivity contribution in [2.24, 2.45) is 10.2 Å². The summed E-state index contributed by atoms with van der Waals surface area (Å²) in [6.07, 6.45) is 1.64. The fourth-order valence-corrected chi connectivity index (χ4v) is 2.30. The topological polar surface area (TPSA) is 82.7 Å². The van der Waals surface area contributed by atoms with Gasteiger partial charge in [0, 0.05) is 18.1 Å². The van der Waals surface area contributed by atoms with Crippen LogP contribution in [0, 0.1) is 0 Å². The highest BCUT2D eigenvalue weighted by atomic mass is 16.3. The minimum atomic E-state index is -0.479. The highest BCUT2D eigenvalue weighted by Gasteiger charge is 2.15. The maximum atomic E-state index is 11.8. The van der Waals surface area contributed by atoms with Gasteiger partial charge in [-0.15, -0.1) is 10.2 Å². The zero-order valence-corrected chi connectivity index (χ0v) is 11.4. The van der Waals surface area contributed by atoms with Crippen LogP contribution in [0.2, 0.25) is 0 Å². The number of aromatic hydroxyl groups is 1. The normalized spacial score (nSPS) is 11.5. The summed E-state index contributed by atoms with van der Waals surface area (Å²) in [6.45, 7) is 2.53. The minimum absolute atomic E-state index is 0.0155. The number of amides is 1. The molecule has 0 spiro atoms. The van der Waals surface area contributed by atoms with Gasteiger partial charge in [0.1, 0.15) is 5.69 Å². The van der Waals surface area contributed by atoms with Crippen molar-refractivity contribution in [2.75, 3.05) is 0 Å². The number of aromatic amines is 1. The number of H-pyrrole nitrogens is 1. The summed E-state index contributed by atoms with van der Waals surface area (Å²) in [5, 5.41) is 18.6. The fraction of sp³-hybridized carbons (Fsp3) is 0.133. The molecule has 2 aromatic heterocycles. The number of aromatic nitrogens is 2. The van der Waals surface area contributed by atoms with Crippen molar-refractivity contribution < 1.29 is 9.90 Å². The number of nitrogens with one attached hydrogen (secondary N) is 1. The van der Waals surface area contributed by atoms with E-state index in [2.05, 4.69) is 15.2 Å². The number of fused-ring (bicyclic) bond motifs is 1. The van der Waals surface area contributed by atoms with Crippen LogP contribution in [0.15, 0.2) is 52.8 Å². The second-order valence-electron chi connectivity index (χ2n) is 4.52. The fourth-order valence-electron chi connectivity index (χ4n) is 2.30. The largest absolute Gasteiger partial charge is 0.493 e. The van der Waals surface area contributed by atoms with Crippen LogP contribution in [-0.4, -0.2) is 20.6 Å². The van der Waals surface area contributed by atoms with E-state index in [0.29, 0.717) is 17.9 Å². The van der Waals surface area contributed by atoms with Crippen molar-refractivity contribution in [3.8, 4) is 5.88 Å². The molecule has 21 heavy (non-hydrogen) atoms. The predicted molar refractivity (Wildman–Crippen MR) is 78.9 cm³/mol. The molecule has 6 nitrogen and oxygen atoms in total. The second-order valence-corrected chi connectivity index (χ2v) is 4.52. The lowest BCUT2D eigenvalue weighted by Gasteiger charge is -2.00. The smallest absolute Gasteiger partial charge is 0.311 e. The van der Waals surface area contributed by atoms with Gasteiger partial charge in [0.2, 0.25) is 5.88 Å². The van der Waals surface area contributed by atoms with Gasteiger partial charge in [-0.3, -0.25) is 4.79 Å². The molecule has 2 heterocycles. The molecule has 2 N–H and O–H groups in total. The molecule has 0 unspecified atom stereocenters. The van der Waals surface area contributed by atoms with Gasteiger partial charge in [0.15, 0.2) is 5.69 Å². The Balaban J connectivity index is 2.05. The van der Waals surface area contributed by atoms with E-state index in [4.69, 9.17) is 0 Å². The third-order valence-electron chi connectivity index (χ3n) is 3.30. The van der Waals surface area contributed by atoms with Crippen LogP contribution in [0.25, 0.3) is 10.9 Å². The number of nitrogens with zero attached hydrogens (tertiary/aromatic N) is 3. The molecule has 0 bridgehead atoms. The van der Waals surface area contributed by atoms with Gasteiger partial charge in [-0.2, -0.15) is 0 Å². The zero-order chi connectivity index (χ0) is 14.8. The first-order valence-corrected chi connectivity index (χ1v) is 6.62. The Morgan fingerprint density at radius 2 is 2.10 bits per heavy atom. The van der Waals surface area contributed by atoms with Gasteiger partial charge in [-0.25, -0.2) is 0 Å². The first-order valence-electron chi connectivity index (χ1n) is 6.62.